The van der Waals surface area contributed by atoms with Crippen molar-refractivity contribution in [1.82, 2.24) is 0 Å². The highest BCUT2D eigenvalue weighted by atomic mass is 35.5. The maximum atomic E-state index is 6.33. The van der Waals surface area contributed by atoms with Crippen molar-refractivity contribution in [2.24, 2.45) is 10.7 Å². The molecule has 2 aromatic carbocycles. The molecule has 0 bridgehead atoms. The Morgan fingerprint density at radius 2 is 1.85 bits per heavy atom. The van der Waals surface area contributed by atoms with Gasteiger partial charge in [-0.3, -0.25) is 4.99 Å². The number of nitrogens with zero attached hydrogens (tertiary/aromatic N) is 2. The van der Waals surface area contributed by atoms with Gasteiger partial charge in [-0.2, -0.15) is 0 Å². The first-order valence-corrected chi connectivity index (χ1v) is 6.95. The Labute approximate surface area is 123 Å². The predicted molar refractivity (Wildman–Crippen MR) is 84.3 cm³/mol. The Morgan fingerprint density at radius 1 is 1.15 bits per heavy atom. The van der Waals surface area contributed by atoms with Gasteiger partial charge in [0.25, 0.3) is 0 Å². The lowest BCUT2D eigenvalue weighted by Crippen LogP contribution is -2.36. The van der Waals surface area contributed by atoms with Gasteiger partial charge in [0, 0.05) is 10.7 Å². The molecule has 0 radical (unpaired) electrons. The lowest BCUT2D eigenvalue weighted by atomic mass is 10.0. The Bertz CT molecular complexity index is 666. The number of rotatable bonds is 2. The van der Waals surface area contributed by atoms with Gasteiger partial charge < -0.3 is 10.6 Å². The van der Waals surface area contributed by atoms with Crippen LogP contribution in [0.25, 0.3) is 0 Å². The first-order chi connectivity index (χ1) is 9.68. The molecule has 0 saturated heterocycles. The standard InChI is InChI=1S/C16H16ClN3/c1-11-6-2-5-9-14(11)20-15(10-19-16(20)18)12-7-3-4-8-13(12)17/h2-9,15H,10H2,1H3,(H2,18,19). The van der Waals surface area contributed by atoms with E-state index in [1.807, 2.05) is 36.4 Å². The van der Waals surface area contributed by atoms with E-state index in [2.05, 4.69) is 28.9 Å². The summed E-state index contributed by atoms with van der Waals surface area (Å²) in [5.41, 5.74) is 9.40. The summed E-state index contributed by atoms with van der Waals surface area (Å²) in [6, 6.07) is 16.1. The van der Waals surface area contributed by atoms with Gasteiger partial charge in [0.15, 0.2) is 5.96 Å². The first-order valence-electron chi connectivity index (χ1n) is 6.57. The lowest BCUT2D eigenvalue weighted by Gasteiger charge is -2.28. The van der Waals surface area contributed by atoms with Crippen LogP contribution in [0.1, 0.15) is 17.2 Å². The molecular weight excluding hydrogens is 270 g/mol. The molecule has 3 nitrogen and oxygen atoms in total. The van der Waals surface area contributed by atoms with Crippen LogP contribution in [0.5, 0.6) is 0 Å². The highest BCUT2D eigenvalue weighted by molar-refractivity contribution is 6.31. The zero-order valence-electron chi connectivity index (χ0n) is 11.3. The highest BCUT2D eigenvalue weighted by Gasteiger charge is 2.30. The van der Waals surface area contributed by atoms with Gasteiger partial charge in [-0.05, 0) is 30.2 Å². The number of hydrogen-bond acceptors (Lipinski definition) is 3. The van der Waals surface area contributed by atoms with Crippen LogP contribution < -0.4 is 10.6 Å². The van der Waals surface area contributed by atoms with Crippen molar-refractivity contribution in [2.75, 3.05) is 11.4 Å². The fourth-order valence-corrected chi connectivity index (χ4v) is 2.87. The minimum absolute atomic E-state index is 0.0600. The third-order valence-corrected chi connectivity index (χ3v) is 3.97. The topological polar surface area (TPSA) is 41.6 Å². The average Bonchev–Trinajstić information content (AvgIpc) is 2.82. The number of guanidine groups is 1. The van der Waals surface area contributed by atoms with E-state index in [1.165, 1.54) is 5.56 Å². The molecule has 1 unspecified atom stereocenters. The molecule has 0 saturated carbocycles. The van der Waals surface area contributed by atoms with E-state index in [-0.39, 0.29) is 6.04 Å². The zero-order valence-corrected chi connectivity index (χ0v) is 12.0. The Kier molecular flexibility index (Phi) is 3.36. The van der Waals surface area contributed by atoms with Crippen molar-refractivity contribution < 1.29 is 0 Å². The van der Waals surface area contributed by atoms with Crippen LogP contribution in [0.4, 0.5) is 5.69 Å². The molecule has 1 aliphatic heterocycles. The zero-order chi connectivity index (χ0) is 14.1. The molecule has 20 heavy (non-hydrogen) atoms. The monoisotopic (exact) mass is 285 g/mol. The summed E-state index contributed by atoms with van der Waals surface area (Å²) in [5, 5.41) is 0.751. The number of benzene rings is 2. The van der Waals surface area contributed by atoms with Crippen LogP contribution >= 0.6 is 11.6 Å². The SMILES string of the molecule is Cc1ccccc1N1C(N)=NCC1c1ccccc1Cl. The lowest BCUT2D eigenvalue weighted by molar-refractivity contribution is 0.767. The highest BCUT2D eigenvalue weighted by Crippen LogP contribution is 2.35. The minimum atomic E-state index is 0.0600. The number of aliphatic imine (C=N–C) groups is 1. The van der Waals surface area contributed by atoms with Gasteiger partial charge in [0.05, 0.1) is 12.6 Å². The van der Waals surface area contributed by atoms with E-state index in [4.69, 9.17) is 17.3 Å². The van der Waals surface area contributed by atoms with E-state index in [9.17, 15) is 0 Å². The summed E-state index contributed by atoms with van der Waals surface area (Å²) in [6.45, 7) is 2.70. The van der Waals surface area contributed by atoms with Crippen LogP contribution in [-0.4, -0.2) is 12.5 Å². The summed E-state index contributed by atoms with van der Waals surface area (Å²) in [5.74, 6) is 0.546. The van der Waals surface area contributed by atoms with E-state index >= 15 is 0 Å². The third-order valence-electron chi connectivity index (χ3n) is 3.62. The summed E-state index contributed by atoms with van der Waals surface area (Å²) >= 11 is 6.33. The Morgan fingerprint density at radius 3 is 2.60 bits per heavy atom. The molecule has 4 heteroatoms. The molecule has 0 aliphatic carbocycles. The van der Waals surface area contributed by atoms with Crippen LogP contribution in [0.3, 0.4) is 0 Å². The molecule has 2 aromatic rings. The maximum absolute atomic E-state index is 6.33. The van der Waals surface area contributed by atoms with Gasteiger partial charge in [-0.25, -0.2) is 0 Å². The number of aryl methyl sites for hydroxylation is 1. The quantitative estimate of drug-likeness (QED) is 0.917. The van der Waals surface area contributed by atoms with Crippen LogP contribution in [0.2, 0.25) is 5.02 Å². The molecule has 2 N–H and O–H groups in total. The predicted octanol–water partition coefficient (Wildman–Crippen LogP) is 3.52. The average molecular weight is 286 g/mol. The van der Waals surface area contributed by atoms with Crippen LogP contribution in [0, 0.1) is 6.92 Å². The molecule has 1 aliphatic rings. The van der Waals surface area contributed by atoms with E-state index < -0.39 is 0 Å². The van der Waals surface area contributed by atoms with E-state index in [1.54, 1.807) is 0 Å². The van der Waals surface area contributed by atoms with E-state index in [0.29, 0.717) is 12.5 Å². The van der Waals surface area contributed by atoms with Crippen molar-refractivity contribution in [3.8, 4) is 0 Å². The number of para-hydroxylation sites is 1. The van der Waals surface area contributed by atoms with Gasteiger partial charge in [0.1, 0.15) is 0 Å². The summed E-state index contributed by atoms with van der Waals surface area (Å²) in [7, 11) is 0. The van der Waals surface area contributed by atoms with Gasteiger partial charge in [0.2, 0.25) is 0 Å². The molecule has 0 spiro atoms. The maximum Gasteiger partial charge on any atom is 0.196 e. The second-order valence-electron chi connectivity index (χ2n) is 4.89. The van der Waals surface area contributed by atoms with Crippen molar-refractivity contribution in [3.63, 3.8) is 0 Å². The van der Waals surface area contributed by atoms with Crippen molar-refractivity contribution in [1.29, 1.82) is 0 Å². The fourth-order valence-electron chi connectivity index (χ4n) is 2.61. The number of hydrogen-bond donors (Lipinski definition) is 1. The molecular formula is C16H16ClN3. The summed E-state index contributed by atoms with van der Waals surface area (Å²) in [4.78, 5) is 6.46. The molecule has 0 aromatic heterocycles. The largest absolute Gasteiger partial charge is 0.369 e. The molecule has 0 amide bonds. The molecule has 3 rings (SSSR count). The Balaban J connectivity index is 2.06. The smallest absolute Gasteiger partial charge is 0.196 e. The van der Waals surface area contributed by atoms with Gasteiger partial charge >= 0.3 is 0 Å². The fraction of sp³-hybridized carbons (Fsp3) is 0.188. The normalized spacial score (nSPS) is 18.2. The second-order valence-corrected chi connectivity index (χ2v) is 5.30. The van der Waals surface area contributed by atoms with Gasteiger partial charge in [-0.15, -0.1) is 0 Å². The third kappa shape index (κ3) is 2.14. The molecule has 1 heterocycles. The van der Waals surface area contributed by atoms with Crippen LogP contribution in [0.15, 0.2) is 53.5 Å². The summed E-state index contributed by atoms with van der Waals surface area (Å²) in [6.07, 6.45) is 0. The molecule has 102 valence electrons. The number of anilines is 1. The van der Waals surface area contributed by atoms with Crippen molar-refractivity contribution in [2.45, 2.75) is 13.0 Å². The molecule has 1 atom stereocenters. The summed E-state index contributed by atoms with van der Waals surface area (Å²) < 4.78 is 0. The van der Waals surface area contributed by atoms with Crippen molar-refractivity contribution >= 4 is 23.2 Å². The van der Waals surface area contributed by atoms with Crippen molar-refractivity contribution in [3.05, 3.63) is 64.7 Å². The second kappa shape index (κ2) is 5.17. The van der Waals surface area contributed by atoms with Gasteiger partial charge in [-0.1, -0.05) is 48.0 Å². The van der Waals surface area contributed by atoms with E-state index in [0.717, 1.165) is 16.3 Å². The Hall–Kier alpha value is -2.00. The molecule has 0 fully saturated rings. The first kappa shape index (κ1) is 13.0. The number of halogens is 1. The number of nitrogens with two attached hydrogens (primary N) is 1. The minimum Gasteiger partial charge on any atom is -0.369 e. The van der Waals surface area contributed by atoms with Crippen LogP contribution in [-0.2, 0) is 0 Å².